The molecule has 0 amide bonds. The SMILES string of the molecule is [CH2-]OC.[Y]. The Morgan fingerprint density at radius 1 is 1.75 bits per heavy atom. The van der Waals surface area contributed by atoms with E-state index in [1.807, 2.05) is 0 Å². The van der Waals surface area contributed by atoms with Crippen molar-refractivity contribution >= 4 is 0 Å². The monoisotopic (exact) mass is 134 g/mol. The minimum Gasteiger partial charge on any atom is -0.557 e. The van der Waals surface area contributed by atoms with Crippen molar-refractivity contribution < 1.29 is 37.4 Å². The molecule has 1 radical (unpaired) electrons. The molecule has 1 nitrogen and oxygen atoms in total. The number of hydrogen-bond donors (Lipinski definition) is 0. The summed E-state index contributed by atoms with van der Waals surface area (Å²) in [4.78, 5) is 0. The van der Waals surface area contributed by atoms with Gasteiger partial charge in [0, 0.05) is 32.7 Å². The molecule has 0 fully saturated rings. The fourth-order valence-electron chi connectivity index (χ4n) is 0. The maximum absolute atomic E-state index is 4.00. The maximum atomic E-state index is 4.00. The molecular weight excluding hydrogens is 129 g/mol. The molecule has 0 unspecified atom stereocenters. The Morgan fingerprint density at radius 3 is 1.75 bits per heavy atom. The van der Waals surface area contributed by atoms with Crippen molar-refractivity contribution in [1.29, 1.82) is 0 Å². The van der Waals surface area contributed by atoms with Gasteiger partial charge in [0.25, 0.3) is 0 Å². The van der Waals surface area contributed by atoms with Crippen molar-refractivity contribution in [1.82, 2.24) is 0 Å². The summed E-state index contributed by atoms with van der Waals surface area (Å²) in [6.45, 7) is 0. The molecule has 0 aliphatic rings. The second-order valence-electron chi connectivity index (χ2n) is 0.289. The van der Waals surface area contributed by atoms with Crippen LogP contribution in [0.15, 0.2) is 0 Å². The van der Waals surface area contributed by atoms with Crippen LogP contribution >= 0.6 is 0 Å². The van der Waals surface area contributed by atoms with Crippen molar-refractivity contribution in [2.75, 3.05) is 7.11 Å². The first-order valence-electron chi connectivity index (χ1n) is 0.697. The standard InChI is InChI=1S/C2H5O.Y/c1-3-2;/h1H2,2H3;/q-1;. The van der Waals surface area contributed by atoms with E-state index >= 15 is 0 Å². The Bertz CT molecular complexity index is 6.00. The van der Waals surface area contributed by atoms with Crippen LogP contribution in [0.5, 0.6) is 0 Å². The van der Waals surface area contributed by atoms with Gasteiger partial charge in [-0.1, -0.05) is 0 Å². The van der Waals surface area contributed by atoms with Gasteiger partial charge in [0.1, 0.15) is 0 Å². The molecule has 0 bridgehead atoms. The van der Waals surface area contributed by atoms with Crippen LogP contribution < -0.4 is 0 Å². The van der Waals surface area contributed by atoms with E-state index in [4.69, 9.17) is 0 Å². The zero-order valence-corrected chi connectivity index (χ0v) is 5.53. The number of rotatable bonds is 0. The Morgan fingerprint density at radius 2 is 1.75 bits per heavy atom. The number of ether oxygens (including phenoxy) is 1. The third kappa shape index (κ3) is 11.5. The summed E-state index contributed by atoms with van der Waals surface area (Å²) in [6.07, 6.45) is 0. The molecule has 0 aromatic rings. The molecule has 0 N–H and O–H groups in total. The second-order valence-corrected chi connectivity index (χ2v) is 0.289. The van der Waals surface area contributed by atoms with Crippen LogP contribution in [0.1, 0.15) is 0 Å². The van der Waals surface area contributed by atoms with E-state index in [9.17, 15) is 0 Å². The quantitative estimate of drug-likeness (QED) is 0.436. The normalized spacial score (nSPS) is 4.50. The number of methoxy groups -OCH3 is 1. The molecule has 0 heterocycles. The van der Waals surface area contributed by atoms with Gasteiger partial charge in [0.15, 0.2) is 0 Å². The smallest absolute Gasteiger partial charge is 0 e. The van der Waals surface area contributed by atoms with Gasteiger partial charge in [-0.25, -0.2) is 7.11 Å². The van der Waals surface area contributed by atoms with Crippen LogP contribution in [-0.4, -0.2) is 7.11 Å². The Balaban J connectivity index is 0. The molecule has 4 heavy (non-hydrogen) atoms. The molecule has 0 spiro atoms. The first kappa shape index (κ1) is 8.91. The van der Waals surface area contributed by atoms with E-state index < -0.39 is 0 Å². The zero-order valence-electron chi connectivity index (χ0n) is 2.69. The van der Waals surface area contributed by atoms with Crippen LogP contribution in [0.2, 0.25) is 0 Å². The summed E-state index contributed by atoms with van der Waals surface area (Å²) in [5.41, 5.74) is 0. The number of hydrogen-bond acceptors (Lipinski definition) is 1. The van der Waals surface area contributed by atoms with Gasteiger partial charge >= 0.3 is 0 Å². The summed E-state index contributed by atoms with van der Waals surface area (Å²) in [7, 11) is 4.50. The topological polar surface area (TPSA) is 9.23 Å². The Hall–Kier alpha value is 1.06. The maximum Gasteiger partial charge on any atom is 0 e. The van der Waals surface area contributed by atoms with Crippen molar-refractivity contribution in [3.63, 3.8) is 0 Å². The van der Waals surface area contributed by atoms with E-state index in [0.29, 0.717) is 0 Å². The molecule has 23 valence electrons. The molecule has 0 saturated heterocycles. The fourth-order valence-corrected chi connectivity index (χ4v) is 0. The van der Waals surface area contributed by atoms with E-state index in [1.54, 1.807) is 0 Å². The average Bonchev–Trinajstić information content (AvgIpc) is 0.918. The molecule has 2 heteroatoms. The summed E-state index contributed by atoms with van der Waals surface area (Å²) in [6, 6.07) is 0. The van der Waals surface area contributed by atoms with Gasteiger partial charge in [-0.05, 0) is 7.11 Å². The van der Waals surface area contributed by atoms with Crippen LogP contribution in [0.4, 0.5) is 0 Å². The van der Waals surface area contributed by atoms with Gasteiger partial charge in [-0.15, -0.1) is 0 Å². The summed E-state index contributed by atoms with van der Waals surface area (Å²) >= 11 is 0. The molecule has 0 aromatic heterocycles. The van der Waals surface area contributed by atoms with Crippen molar-refractivity contribution in [3.8, 4) is 0 Å². The minimum absolute atomic E-state index is 0. The van der Waals surface area contributed by atoms with Gasteiger partial charge in [-0.2, -0.15) is 0 Å². The average molecular weight is 134 g/mol. The molecule has 0 aliphatic carbocycles. The van der Waals surface area contributed by atoms with E-state index in [2.05, 4.69) is 11.8 Å². The van der Waals surface area contributed by atoms with Crippen LogP contribution in [0.3, 0.4) is 0 Å². The second kappa shape index (κ2) is 8.96. The predicted molar refractivity (Wildman–Crippen MR) is 12.4 cm³/mol. The fraction of sp³-hybridized carbons (Fsp3) is 0.500. The van der Waals surface area contributed by atoms with Gasteiger partial charge in [0.05, 0.1) is 0 Å². The molecule has 0 atom stereocenters. The molecule has 0 saturated carbocycles. The van der Waals surface area contributed by atoms with E-state index in [0.717, 1.165) is 0 Å². The zero-order chi connectivity index (χ0) is 2.71. The Kier molecular flexibility index (Phi) is 19.9. The van der Waals surface area contributed by atoms with Crippen molar-refractivity contribution in [2.45, 2.75) is 0 Å². The van der Waals surface area contributed by atoms with Crippen LogP contribution in [0, 0.1) is 7.11 Å². The van der Waals surface area contributed by atoms with Crippen LogP contribution in [0.25, 0.3) is 0 Å². The van der Waals surface area contributed by atoms with Crippen molar-refractivity contribution in [3.05, 3.63) is 7.11 Å². The van der Waals surface area contributed by atoms with Crippen LogP contribution in [-0.2, 0) is 37.4 Å². The third-order valence-electron chi connectivity index (χ3n) is 0. The van der Waals surface area contributed by atoms with Gasteiger partial charge in [-0.3, -0.25) is 0 Å². The van der Waals surface area contributed by atoms with Gasteiger partial charge in [0.2, 0.25) is 0 Å². The van der Waals surface area contributed by atoms with E-state index in [-0.39, 0.29) is 32.7 Å². The summed E-state index contributed by atoms with van der Waals surface area (Å²) < 4.78 is 4.00. The molecule has 0 aliphatic heterocycles. The van der Waals surface area contributed by atoms with E-state index in [1.165, 1.54) is 7.11 Å². The first-order valence-corrected chi connectivity index (χ1v) is 0.697. The Labute approximate surface area is 51.6 Å². The molecule has 0 rings (SSSR count). The summed E-state index contributed by atoms with van der Waals surface area (Å²) in [5.74, 6) is 0. The van der Waals surface area contributed by atoms with Crippen molar-refractivity contribution in [2.24, 2.45) is 0 Å². The predicted octanol–water partition coefficient (Wildman–Crippen LogP) is 0.422. The minimum atomic E-state index is 0. The largest absolute Gasteiger partial charge is 0.557 e. The van der Waals surface area contributed by atoms with Gasteiger partial charge < -0.3 is 4.74 Å². The summed E-state index contributed by atoms with van der Waals surface area (Å²) in [5, 5.41) is 0. The molecule has 0 aromatic carbocycles. The third-order valence-corrected chi connectivity index (χ3v) is 0. The first-order chi connectivity index (χ1) is 1.41. The molecular formula is C2H5OY-.